The summed E-state index contributed by atoms with van der Waals surface area (Å²) in [6.45, 7) is 20.1. The van der Waals surface area contributed by atoms with Crippen molar-refractivity contribution in [2.24, 2.45) is 5.41 Å². The second-order valence-electron chi connectivity index (χ2n) is 10.0. The van der Waals surface area contributed by atoms with Crippen LogP contribution in [0.25, 0.3) is 0 Å². The number of carbonyl (C=O) groups is 1. The Bertz CT molecular complexity index is 695. The molecule has 1 saturated heterocycles. The molecule has 158 valence electrons. The largest absolute Gasteiger partial charge is 0.461 e. The third kappa shape index (κ3) is 5.94. The van der Waals surface area contributed by atoms with Crippen molar-refractivity contribution in [3.63, 3.8) is 0 Å². The number of rotatable bonds is 5. The van der Waals surface area contributed by atoms with E-state index in [0.29, 0.717) is 5.41 Å². The van der Waals surface area contributed by atoms with Crippen LogP contribution < -0.4 is 4.90 Å². The van der Waals surface area contributed by atoms with E-state index >= 15 is 0 Å². The number of aromatic nitrogens is 1. The molecule has 0 N–H and O–H groups in total. The first-order valence-electron chi connectivity index (χ1n) is 10.4. The van der Waals surface area contributed by atoms with Gasteiger partial charge in [-0.25, -0.2) is 4.79 Å². The zero-order valence-corrected chi connectivity index (χ0v) is 19.2. The molecule has 1 aliphatic rings. The van der Waals surface area contributed by atoms with Crippen molar-refractivity contribution >= 4 is 11.7 Å². The second-order valence-corrected chi connectivity index (χ2v) is 10.0. The standard InChI is InChI=1S/C23H38N2O3/c1-15(2)27-21(26)20(28-22(5,6)7)19-17(4)24-16(3)14-18(19)25-12-10-23(8,9)11-13-25/h14-15,20H,10-13H2,1-9H3/t20-/m0/s1. The van der Waals surface area contributed by atoms with Gasteiger partial charge >= 0.3 is 5.97 Å². The van der Waals surface area contributed by atoms with Crippen LogP contribution in [-0.4, -0.2) is 35.7 Å². The fourth-order valence-electron chi connectivity index (χ4n) is 3.63. The summed E-state index contributed by atoms with van der Waals surface area (Å²) in [4.78, 5) is 20.0. The highest BCUT2D eigenvalue weighted by molar-refractivity contribution is 5.80. The average molecular weight is 391 g/mol. The van der Waals surface area contributed by atoms with Gasteiger partial charge in [0.1, 0.15) is 0 Å². The summed E-state index contributed by atoms with van der Waals surface area (Å²) in [6, 6.07) is 2.09. The summed E-state index contributed by atoms with van der Waals surface area (Å²) in [5, 5.41) is 0. The van der Waals surface area contributed by atoms with Crippen molar-refractivity contribution in [1.82, 2.24) is 4.98 Å². The summed E-state index contributed by atoms with van der Waals surface area (Å²) >= 11 is 0. The fraction of sp³-hybridized carbons (Fsp3) is 0.739. The number of hydrogen-bond acceptors (Lipinski definition) is 5. The molecule has 0 aromatic carbocycles. The number of esters is 1. The molecule has 0 aliphatic carbocycles. The molecule has 5 nitrogen and oxygen atoms in total. The fourth-order valence-corrected chi connectivity index (χ4v) is 3.63. The molecule has 0 amide bonds. The zero-order chi connectivity index (χ0) is 21.3. The summed E-state index contributed by atoms with van der Waals surface area (Å²) < 4.78 is 11.8. The molecule has 0 spiro atoms. The number of carbonyl (C=O) groups excluding carboxylic acids is 1. The Morgan fingerprint density at radius 3 is 2.25 bits per heavy atom. The van der Waals surface area contributed by atoms with Gasteiger partial charge in [-0.3, -0.25) is 4.98 Å². The second kappa shape index (κ2) is 8.40. The highest BCUT2D eigenvalue weighted by Gasteiger charge is 2.35. The van der Waals surface area contributed by atoms with Crippen LogP contribution >= 0.6 is 0 Å². The lowest BCUT2D eigenvalue weighted by atomic mass is 9.82. The number of pyridine rings is 1. The minimum Gasteiger partial charge on any atom is -0.461 e. The SMILES string of the molecule is Cc1cc(N2CCC(C)(C)CC2)c([C@H](OC(C)(C)C)C(=O)OC(C)C)c(C)n1. The molecule has 1 aromatic rings. The van der Waals surface area contributed by atoms with Crippen LogP contribution in [0.2, 0.25) is 0 Å². The van der Waals surface area contributed by atoms with E-state index < -0.39 is 11.7 Å². The first kappa shape index (κ1) is 22.7. The molecule has 1 fully saturated rings. The van der Waals surface area contributed by atoms with Crippen molar-refractivity contribution in [3.05, 3.63) is 23.0 Å². The lowest BCUT2D eigenvalue weighted by Gasteiger charge is -2.40. The molecular formula is C23H38N2O3. The smallest absolute Gasteiger partial charge is 0.340 e. The normalized spacial score (nSPS) is 18.3. The minimum atomic E-state index is -0.791. The zero-order valence-electron chi connectivity index (χ0n) is 19.2. The van der Waals surface area contributed by atoms with E-state index in [1.807, 2.05) is 48.5 Å². The van der Waals surface area contributed by atoms with Gasteiger partial charge in [-0.1, -0.05) is 13.8 Å². The Balaban J connectivity index is 2.51. The van der Waals surface area contributed by atoms with Crippen LogP contribution in [0.3, 0.4) is 0 Å². The van der Waals surface area contributed by atoms with Gasteiger partial charge in [-0.05, 0) is 72.8 Å². The third-order valence-electron chi connectivity index (χ3n) is 5.11. The first-order valence-corrected chi connectivity index (χ1v) is 10.4. The lowest BCUT2D eigenvalue weighted by molar-refractivity contribution is -0.171. The first-order chi connectivity index (χ1) is 12.8. The maximum Gasteiger partial charge on any atom is 0.340 e. The van der Waals surface area contributed by atoms with Crippen LogP contribution in [0.1, 0.15) is 84.4 Å². The van der Waals surface area contributed by atoms with Gasteiger partial charge in [0.15, 0.2) is 6.10 Å². The number of piperidine rings is 1. The number of nitrogens with zero attached hydrogens (tertiary/aromatic N) is 2. The van der Waals surface area contributed by atoms with E-state index in [1.165, 1.54) is 0 Å². The van der Waals surface area contributed by atoms with Crippen molar-refractivity contribution in [1.29, 1.82) is 0 Å². The molecule has 0 saturated carbocycles. The maximum atomic E-state index is 13.0. The Kier molecular flexibility index (Phi) is 6.80. The van der Waals surface area contributed by atoms with Gasteiger partial charge in [-0.15, -0.1) is 0 Å². The molecular weight excluding hydrogens is 352 g/mol. The van der Waals surface area contributed by atoms with E-state index in [2.05, 4.69) is 29.8 Å². The molecule has 1 aliphatic heterocycles. The van der Waals surface area contributed by atoms with E-state index in [1.54, 1.807) is 0 Å². The monoisotopic (exact) mass is 390 g/mol. The highest BCUT2D eigenvalue weighted by Crippen LogP contribution is 2.39. The van der Waals surface area contributed by atoms with E-state index in [9.17, 15) is 4.79 Å². The molecule has 1 atom stereocenters. The number of ether oxygens (including phenoxy) is 2. The van der Waals surface area contributed by atoms with Crippen molar-refractivity contribution in [3.8, 4) is 0 Å². The quantitative estimate of drug-likeness (QED) is 0.652. The van der Waals surface area contributed by atoms with E-state index in [4.69, 9.17) is 9.47 Å². The van der Waals surface area contributed by atoms with Crippen LogP contribution in [0, 0.1) is 19.3 Å². The van der Waals surface area contributed by atoms with Crippen LogP contribution in [0.15, 0.2) is 6.07 Å². The molecule has 28 heavy (non-hydrogen) atoms. The highest BCUT2D eigenvalue weighted by atomic mass is 16.6. The summed E-state index contributed by atoms with van der Waals surface area (Å²) in [6.07, 6.45) is 1.25. The number of aryl methyl sites for hydroxylation is 2. The van der Waals surface area contributed by atoms with E-state index in [0.717, 1.165) is 48.6 Å². The maximum absolute atomic E-state index is 13.0. The van der Waals surface area contributed by atoms with Crippen molar-refractivity contribution < 1.29 is 14.3 Å². The topological polar surface area (TPSA) is 51.7 Å². The summed E-state index contributed by atoms with van der Waals surface area (Å²) in [5.74, 6) is -0.350. The van der Waals surface area contributed by atoms with Gasteiger partial charge in [0.2, 0.25) is 0 Å². The van der Waals surface area contributed by atoms with Gasteiger partial charge in [0.05, 0.1) is 11.7 Å². The van der Waals surface area contributed by atoms with Gasteiger partial charge < -0.3 is 14.4 Å². The van der Waals surface area contributed by atoms with Gasteiger partial charge in [0, 0.05) is 35.7 Å². The van der Waals surface area contributed by atoms with E-state index in [-0.39, 0.29) is 12.1 Å². The van der Waals surface area contributed by atoms with Crippen LogP contribution in [0.4, 0.5) is 5.69 Å². The molecule has 1 aromatic heterocycles. The number of hydrogen-bond donors (Lipinski definition) is 0. The Hall–Kier alpha value is -1.62. The molecule has 0 radical (unpaired) electrons. The lowest BCUT2D eigenvalue weighted by Crippen LogP contribution is -2.39. The third-order valence-corrected chi connectivity index (χ3v) is 5.11. The van der Waals surface area contributed by atoms with Crippen LogP contribution in [0.5, 0.6) is 0 Å². The molecule has 0 unspecified atom stereocenters. The van der Waals surface area contributed by atoms with Crippen molar-refractivity contribution in [2.75, 3.05) is 18.0 Å². The summed E-state index contributed by atoms with van der Waals surface area (Å²) in [7, 11) is 0. The molecule has 2 heterocycles. The minimum absolute atomic E-state index is 0.198. The predicted molar refractivity (Wildman–Crippen MR) is 114 cm³/mol. The van der Waals surface area contributed by atoms with Crippen molar-refractivity contribution in [2.45, 2.75) is 93.0 Å². The van der Waals surface area contributed by atoms with Crippen LogP contribution in [-0.2, 0) is 14.3 Å². The average Bonchev–Trinajstić information content (AvgIpc) is 2.51. The molecule has 0 bridgehead atoms. The number of anilines is 1. The molecule has 2 rings (SSSR count). The van der Waals surface area contributed by atoms with Gasteiger partial charge in [-0.2, -0.15) is 0 Å². The molecule has 5 heteroatoms. The van der Waals surface area contributed by atoms with Gasteiger partial charge in [0.25, 0.3) is 0 Å². The summed E-state index contributed by atoms with van der Waals surface area (Å²) in [5.41, 5.74) is 3.54. The Morgan fingerprint density at radius 2 is 1.75 bits per heavy atom. The Morgan fingerprint density at radius 1 is 1.18 bits per heavy atom. The predicted octanol–water partition coefficient (Wildman–Crippen LogP) is 5.13. The Labute approximate surface area is 170 Å².